The highest BCUT2D eigenvalue weighted by molar-refractivity contribution is 6.01. The van der Waals surface area contributed by atoms with E-state index in [4.69, 9.17) is 4.74 Å². The lowest BCUT2D eigenvalue weighted by molar-refractivity contribution is -0.286. The molecule has 1 amide bonds. The summed E-state index contributed by atoms with van der Waals surface area (Å²) in [5.74, 6) is 0.503. The number of methoxy groups -OCH3 is 1. The van der Waals surface area contributed by atoms with Gasteiger partial charge in [-0.3, -0.25) is 4.79 Å². The maximum Gasteiger partial charge on any atom is 0.586 e. The Balaban J connectivity index is 1.43. The Bertz CT molecular complexity index is 1270. The van der Waals surface area contributed by atoms with E-state index in [1.165, 1.54) is 12.1 Å². The van der Waals surface area contributed by atoms with Crippen LogP contribution in [0.25, 0.3) is 11.3 Å². The number of halogens is 2. The monoisotopic (exact) mass is 453 g/mol. The molecule has 0 radical (unpaired) electrons. The van der Waals surface area contributed by atoms with Crippen molar-refractivity contribution in [3.63, 3.8) is 0 Å². The van der Waals surface area contributed by atoms with Crippen LogP contribution in [0.5, 0.6) is 17.4 Å². The summed E-state index contributed by atoms with van der Waals surface area (Å²) in [6.45, 7) is 3.90. The topological polar surface area (TPSA) is 82.6 Å². The van der Waals surface area contributed by atoms with Gasteiger partial charge >= 0.3 is 6.29 Å². The van der Waals surface area contributed by atoms with Crippen molar-refractivity contribution in [3.05, 3.63) is 59.3 Å². The Hall–Kier alpha value is -3.75. The van der Waals surface area contributed by atoms with Crippen molar-refractivity contribution in [2.75, 3.05) is 12.4 Å². The Kier molecular flexibility index (Phi) is 4.73. The van der Waals surface area contributed by atoms with Gasteiger partial charge in [0, 0.05) is 17.8 Å². The molecule has 33 heavy (non-hydrogen) atoms. The maximum absolute atomic E-state index is 13.4. The summed E-state index contributed by atoms with van der Waals surface area (Å²) >= 11 is 0. The summed E-state index contributed by atoms with van der Waals surface area (Å²) in [4.78, 5) is 22.1. The second-order valence-electron chi connectivity index (χ2n) is 8.25. The van der Waals surface area contributed by atoms with E-state index >= 15 is 0 Å². The van der Waals surface area contributed by atoms with Gasteiger partial charge in [0.15, 0.2) is 11.5 Å². The molecular weight excluding hydrogens is 432 g/mol. The molecule has 0 saturated heterocycles. The van der Waals surface area contributed by atoms with Crippen molar-refractivity contribution >= 4 is 11.7 Å². The van der Waals surface area contributed by atoms with Gasteiger partial charge in [-0.1, -0.05) is 6.07 Å². The number of hydrogen-bond acceptors (Lipinski definition) is 6. The molecule has 1 aromatic carbocycles. The highest BCUT2D eigenvalue weighted by Gasteiger charge is 2.53. The molecule has 170 valence electrons. The number of anilines is 1. The molecule has 0 spiro atoms. The molecule has 1 aliphatic carbocycles. The van der Waals surface area contributed by atoms with Crippen LogP contribution in [0, 0.1) is 13.8 Å². The lowest BCUT2D eigenvalue weighted by atomic mass is 9.94. The maximum atomic E-state index is 13.4. The number of carbonyl (C=O) groups excluding carboxylic acids is 1. The van der Waals surface area contributed by atoms with Gasteiger partial charge in [0.2, 0.25) is 11.8 Å². The summed E-state index contributed by atoms with van der Waals surface area (Å²) in [6.07, 6.45) is -0.879. The number of nitrogens with one attached hydrogen (secondary N) is 1. The first-order chi connectivity index (χ1) is 15.7. The van der Waals surface area contributed by atoms with E-state index in [1.807, 2.05) is 26.0 Å². The SMILES string of the molecule is COc1cc(-c2nc(NC(=O)C3(c4ccc5c(c4)OC(F)(F)O5)CC3)cc(C)c2C)ccn1. The minimum absolute atomic E-state index is 0.0480. The number of aryl methyl sites for hydroxylation is 1. The molecule has 0 unspecified atom stereocenters. The number of alkyl halides is 2. The summed E-state index contributed by atoms with van der Waals surface area (Å²) in [6, 6.07) is 9.90. The molecular formula is C24H21F2N3O4. The van der Waals surface area contributed by atoms with Gasteiger partial charge in [-0.05, 0) is 67.6 Å². The fourth-order valence-electron chi connectivity index (χ4n) is 4.00. The molecule has 5 rings (SSSR count). The third-order valence-corrected chi connectivity index (χ3v) is 6.13. The highest BCUT2D eigenvalue weighted by Crippen LogP contribution is 2.52. The van der Waals surface area contributed by atoms with Gasteiger partial charge in [0.1, 0.15) is 5.82 Å². The molecule has 0 bridgehead atoms. The molecule has 2 aliphatic rings. The van der Waals surface area contributed by atoms with E-state index in [-0.39, 0.29) is 17.4 Å². The normalized spacial score (nSPS) is 16.9. The number of rotatable bonds is 5. The molecule has 1 aliphatic heterocycles. The lowest BCUT2D eigenvalue weighted by Crippen LogP contribution is -2.28. The van der Waals surface area contributed by atoms with Crippen LogP contribution in [-0.2, 0) is 10.2 Å². The lowest BCUT2D eigenvalue weighted by Gasteiger charge is -2.17. The average Bonchev–Trinajstić information content (AvgIpc) is 3.53. The number of amides is 1. The molecule has 2 aromatic heterocycles. The molecule has 3 heterocycles. The van der Waals surface area contributed by atoms with Gasteiger partial charge < -0.3 is 19.5 Å². The van der Waals surface area contributed by atoms with Crippen molar-refractivity contribution in [2.24, 2.45) is 0 Å². The average molecular weight is 453 g/mol. The summed E-state index contributed by atoms with van der Waals surface area (Å²) in [5.41, 5.74) is 3.23. The Morgan fingerprint density at radius 3 is 2.58 bits per heavy atom. The van der Waals surface area contributed by atoms with Crippen molar-refractivity contribution in [1.29, 1.82) is 0 Å². The van der Waals surface area contributed by atoms with Crippen LogP contribution in [0.4, 0.5) is 14.6 Å². The fraction of sp³-hybridized carbons (Fsp3) is 0.292. The van der Waals surface area contributed by atoms with E-state index in [1.54, 1.807) is 25.4 Å². The first-order valence-corrected chi connectivity index (χ1v) is 10.4. The predicted octanol–water partition coefficient (Wildman–Crippen LogP) is 4.76. The summed E-state index contributed by atoms with van der Waals surface area (Å²) in [5, 5.41) is 2.92. The molecule has 1 fully saturated rings. The minimum atomic E-state index is -3.70. The van der Waals surface area contributed by atoms with Gasteiger partial charge in [-0.25, -0.2) is 9.97 Å². The minimum Gasteiger partial charge on any atom is -0.481 e. The van der Waals surface area contributed by atoms with Crippen LogP contribution in [0.1, 0.15) is 29.5 Å². The van der Waals surface area contributed by atoms with Crippen LogP contribution in [0.2, 0.25) is 0 Å². The van der Waals surface area contributed by atoms with Gasteiger partial charge in [-0.2, -0.15) is 0 Å². The number of nitrogens with zero attached hydrogens (tertiary/aromatic N) is 2. The molecule has 0 atom stereocenters. The van der Waals surface area contributed by atoms with Crippen LogP contribution in [-0.4, -0.2) is 29.3 Å². The number of benzene rings is 1. The van der Waals surface area contributed by atoms with Crippen LogP contribution < -0.4 is 19.5 Å². The molecule has 9 heteroatoms. The second-order valence-corrected chi connectivity index (χ2v) is 8.25. The third-order valence-electron chi connectivity index (χ3n) is 6.13. The third kappa shape index (κ3) is 3.73. The van der Waals surface area contributed by atoms with E-state index in [0.717, 1.165) is 16.7 Å². The fourth-order valence-corrected chi connectivity index (χ4v) is 4.00. The van der Waals surface area contributed by atoms with Crippen molar-refractivity contribution in [1.82, 2.24) is 9.97 Å². The van der Waals surface area contributed by atoms with Crippen molar-refractivity contribution < 1.29 is 27.8 Å². The van der Waals surface area contributed by atoms with Crippen LogP contribution >= 0.6 is 0 Å². The number of hydrogen-bond donors (Lipinski definition) is 1. The quantitative estimate of drug-likeness (QED) is 0.600. The summed E-state index contributed by atoms with van der Waals surface area (Å²) in [7, 11) is 1.54. The standard InChI is InChI=1S/C24H21F2N3O4/c1-13-10-19(28-21(14(13)2)15-6-9-27-20(11-15)31-3)29-22(30)23(7-8-23)16-4-5-17-18(12-16)33-24(25,26)32-17/h4-6,9-12H,7-8H2,1-3H3,(H,28,29,30). The first-order valence-electron chi connectivity index (χ1n) is 10.4. The number of aromatic nitrogens is 2. The largest absolute Gasteiger partial charge is 0.586 e. The number of fused-ring (bicyclic) bond motifs is 1. The van der Waals surface area contributed by atoms with E-state index in [0.29, 0.717) is 35.8 Å². The smallest absolute Gasteiger partial charge is 0.481 e. The van der Waals surface area contributed by atoms with E-state index in [9.17, 15) is 13.6 Å². The van der Waals surface area contributed by atoms with E-state index in [2.05, 4.69) is 24.8 Å². The van der Waals surface area contributed by atoms with E-state index < -0.39 is 11.7 Å². The Labute approximate surface area is 188 Å². The molecule has 1 saturated carbocycles. The predicted molar refractivity (Wildman–Crippen MR) is 116 cm³/mol. The number of pyridine rings is 2. The van der Waals surface area contributed by atoms with Crippen molar-refractivity contribution in [2.45, 2.75) is 38.4 Å². The van der Waals surface area contributed by atoms with Gasteiger partial charge in [0.05, 0.1) is 18.2 Å². The Morgan fingerprint density at radius 1 is 1.09 bits per heavy atom. The van der Waals surface area contributed by atoms with Gasteiger partial charge in [-0.15, -0.1) is 8.78 Å². The molecule has 1 N–H and O–H groups in total. The number of ether oxygens (including phenoxy) is 3. The van der Waals surface area contributed by atoms with Crippen LogP contribution in [0.15, 0.2) is 42.6 Å². The van der Waals surface area contributed by atoms with Crippen LogP contribution in [0.3, 0.4) is 0 Å². The van der Waals surface area contributed by atoms with Crippen molar-refractivity contribution in [3.8, 4) is 28.6 Å². The molecule has 3 aromatic rings. The summed E-state index contributed by atoms with van der Waals surface area (Å²) < 4.78 is 41.0. The van der Waals surface area contributed by atoms with Gasteiger partial charge in [0.25, 0.3) is 0 Å². The second kappa shape index (κ2) is 7.40. The highest BCUT2D eigenvalue weighted by atomic mass is 19.3. The first kappa shape index (κ1) is 21.1. The zero-order valence-electron chi connectivity index (χ0n) is 18.2. The number of carbonyl (C=O) groups is 1. The zero-order chi connectivity index (χ0) is 23.4. The molecule has 7 nitrogen and oxygen atoms in total. The Morgan fingerprint density at radius 2 is 1.85 bits per heavy atom. The zero-order valence-corrected chi connectivity index (χ0v) is 18.2.